The highest BCUT2D eigenvalue weighted by molar-refractivity contribution is 6.76. The van der Waals surface area contributed by atoms with E-state index < -0.39 is 21.7 Å². The maximum Gasteiger partial charge on any atom is 0.410 e. The Kier molecular flexibility index (Phi) is 13.1. The molecule has 4 aromatic rings. The summed E-state index contributed by atoms with van der Waals surface area (Å²) in [4.78, 5) is 28.1. The van der Waals surface area contributed by atoms with Crippen LogP contribution in [0, 0.1) is 0 Å². The number of aryl methyl sites for hydroxylation is 1. The van der Waals surface area contributed by atoms with E-state index >= 15 is 0 Å². The van der Waals surface area contributed by atoms with Gasteiger partial charge in [-0.1, -0.05) is 75.7 Å². The standard InChI is InChI=1S/C44H66N6O4Si2/c1-32-16-20-36(49(32)43(51)54-44(2,3)4)21-23-39-40(34-17-18-34)42(48(30-52-24-26-55(5,6)7)31-53-25-27-56(8,9)10)50-41(47-39)37(29-46-50)35-19-22-38(45-28-35)33-14-12-11-13-15-33/h11-15,19,22,28-29,32,34,36H,16-18,20-21,23-27,30-31H2,1-10H3. The Labute approximate surface area is 337 Å². The van der Waals surface area contributed by atoms with Crippen molar-refractivity contribution in [1.82, 2.24) is 24.5 Å². The zero-order valence-corrected chi connectivity index (χ0v) is 37.7. The largest absolute Gasteiger partial charge is 0.444 e. The first kappa shape index (κ1) is 42.0. The quantitative estimate of drug-likeness (QED) is 0.0592. The van der Waals surface area contributed by atoms with E-state index in [4.69, 9.17) is 29.3 Å². The first-order valence-electron chi connectivity index (χ1n) is 20.8. The van der Waals surface area contributed by atoms with Gasteiger partial charge in [0.05, 0.1) is 17.6 Å². The Morgan fingerprint density at radius 3 is 2.09 bits per heavy atom. The highest BCUT2D eigenvalue weighted by Gasteiger charge is 2.39. The van der Waals surface area contributed by atoms with Gasteiger partial charge in [-0.3, -0.25) is 4.98 Å². The minimum atomic E-state index is -1.29. The molecule has 0 N–H and O–H groups in total. The van der Waals surface area contributed by atoms with E-state index in [1.807, 2.05) is 60.8 Å². The van der Waals surface area contributed by atoms with Gasteiger partial charge in [0.15, 0.2) is 5.65 Å². The zero-order valence-electron chi connectivity index (χ0n) is 35.7. The van der Waals surface area contributed by atoms with Crippen LogP contribution in [0.3, 0.4) is 0 Å². The molecule has 1 amide bonds. The van der Waals surface area contributed by atoms with Gasteiger partial charge in [-0.15, -0.1) is 0 Å². The number of nitrogens with zero attached hydrogens (tertiary/aromatic N) is 6. The fourth-order valence-corrected chi connectivity index (χ4v) is 8.94. The molecule has 0 bridgehead atoms. The number of carbonyl (C=O) groups is 1. The van der Waals surface area contributed by atoms with Crippen LogP contribution in [0.5, 0.6) is 0 Å². The minimum absolute atomic E-state index is 0.0818. The third kappa shape index (κ3) is 11.1. The lowest BCUT2D eigenvalue weighted by Crippen LogP contribution is -2.43. The predicted molar refractivity (Wildman–Crippen MR) is 233 cm³/mol. The number of hydrogen-bond acceptors (Lipinski definition) is 8. The fraction of sp³-hybridized carbons (Fsp3) is 0.591. The third-order valence-electron chi connectivity index (χ3n) is 10.8. The minimum Gasteiger partial charge on any atom is -0.444 e. The number of rotatable bonds is 17. The number of carbonyl (C=O) groups excluding carboxylic acids is 1. The monoisotopic (exact) mass is 798 g/mol. The molecule has 6 rings (SSSR count). The number of fused-ring (bicyclic) bond motifs is 1. The first-order chi connectivity index (χ1) is 26.5. The summed E-state index contributed by atoms with van der Waals surface area (Å²) < 4.78 is 21.0. The molecule has 1 saturated heterocycles. The van der Waals surface area contributed by atoms with E-state index in [-0.39, 0.29) is 18.2 Å². The van der Waals surface area contributed by atoms with Gasteiger partial charge in [0.25, 0.3) is 0 Å². The van der Waals surface area contributed by atoms with E-state index in [1.54, 1.807) is 0 Å². The summed E-state index contributed by atoms with van der Waals surface area (Å²) in [6.45, 7) is 24.5. The van der Waals surface area contributed by atoms with Gasteiger partial charge in [-0.25, -0.2) is 9.78 Å². The average molecular weight is 799 g/mol. The molecule has 56 heavy (non-hydrogen) atoms. The van der Waals surface area contributed by atoms with Crippen molar-refractivity contribution < 1.29 is 19.0 Å². The first-order valence-corrected chi connectivity index (χ1v) is 28.2. The van der Waals surface area contributed by atoms with Crippen molar-refractivity contribution in [3.8, 4) is 22.4 Å². The van der Waals surface area contributed by atoms with Gasteiger partial charge in [-0.2, -0.15) is 9.61 Å². The van der Waals surface area contributed by atoms with Crippen LogP contribution in [-0.2, 0) is 20.6 Å². The summed E-state index contributed by atoms with van der Waals surface area (Å²) in [6, 6.07) is 16.9. The average Bonchev–Trinajstić information content (AvgIpc) is 3.77. The molecule has 0 spiro atoms. The van der Waals surface area contributed by atoms with E-state index in [0.29, 0.717) is 32.6 Å². The maximum atomic E-state index is 13.5. The fourth-order valence-electron chi connectivity index (χ4n) is 7.43. The molecule has 1 saturated carbocycles. The summed E-state index contributed by atoms with van der Waals surface area (Å²) in [5.41, 5.74) is 6.47. The Hall–Kier alpha value is -3.59. The van der Waals surface area contributed by atoms with Gasteiger partial charge in [0, 0.05) is 69.9 Å². The second kappa shape index (κ2) is 17.5. The van der Waals surface area contributed by atoms with Crippen LogP contribution < -0.4 is 4.90 Å². The highest BCUT2D eigenvalue weighted by atomic mass is 28.3. The normalized spacial score (nSPS) is 17.9. The van der Waals surface area contributed by atoms with Crippen molar-refractivity contribution in [2.24, 2.45) is 0 Å². The molecule has 2 aliphatic rings. The Morgan fingerprint density at radius 2 is 1.52 bits per heavy atom. The van der Waals surface area contributed by atoms with Crippen LogP contribution in [0.4, 0.5) is 10.6 Å². The molecular weight excluding hydrogens is 733 g/mol. The van der Waals surface area contributed by atoms with Crippen LogP contribution in [-0.4, -0.2) is 91.1 Å². The summed E-state index contributed by atoms with van der Waals surface area (Å²) in [5.74, 6) is 1.39. The third-order valence-corrected chi connectivity index (χ3v) is 14.2. The smallest absolute Gasteiger partial charge is 0.410 e. The Morgan fingerprint density at radius 1 is 0.857 bits per heavy atom. The number of pyridine rings is 1. The zero-order chi connectivity index (χ0) is 40.3. The predicted octanol–water partition coefficient (Wildman–Crippen LogP) is 10.5. The van der Waals surface area contributed by atoms with Gasteiger partial charge < -0.3 is 24.0 Å². The van der Waals surface area contributed by atoms with E-state index in [0.717, 1.165) is 90.2 Å². The molecule has 3 aromatic heterocycles. The number of likely N-dealkylation sites (tertiary alicyclic amines) is 1. The van der Waals surface area contributed by atoms with Gasteiger partial charge in [0.2, 0.25) is 0 Å². The van der Waals surface area contributed by atoms with Gasteiger partial charge >= 0.3 is 6.09 Å². The molecule has 4 heterocycles. The van der Waals surface area contributed by atoms with Crippen molar-refractivity contribution >= 4 is 33.7 Å². The van der Waals surface area contributed by atoms with E-state index in [2.05, 4.69) is 75.4 Å². The van der Waals surface area contributed by atoms with Crippen molar-refractivity contribution in [2.45, 2.75) is 141 Å². The summed E-state index contributed by atoms with van der Waals surface area (Å²) in [7, 11) is -2.58. The lowest BCUT2D eigenvalue weighted by Gasteiger charge is -2.32. The molecular formula is C44H66N6O4Si2. The van der Waals surface area contributed by atoms with Crippen LogP contribution in [0.1, 0.15) is 77.0 Å². The summed E-state index contributed by atoms with van der Waals surface area (Å²) in [6.07, 6.45) is 9.33. The number of ether oxygens (including phenoxy) is 3. The number of benzene rings is 1. The van der Waals surface area contributed by atoms with Gasteiger partial charge in [-0.05, 0) is 90.3 Å². The van der Waals surface area contributed by atoms with Gasteiger partial charge in [0.1, 0.15) is 24.9 Å². The number of aromatic nitrogens is 4. The summed E-state index contributed by atoms with van der Waals surface area (Å²) in [5, 5.41) is 5.08. The lowest BCUT2D eigenvalue weighted by molar-refractivity contribution is 0.0154. The van der Waals surface area contributed by atoms with Crippen LogP contribution in [0.25, 0.3) is 28.0 Å². The van der Waals surface area contributed by atoms with E-state index in [1.165, 1.54) is 5.56 Å². The van der Waals surface area contributed by atoms with Crippen LogP contribution >= 0.6 is 0 Å². The van der Waals surface area contributed by atoms with Crippen molar-refractivity contribution in [3.63, 3.8) is 0 Å². The Bertz CT molecular complexity index is 1890. The highest BCUT2D eigenvalue weighted by Crippen LogP contribution is 2.47. The molecule has 12 heteroatoms. The SMILES string of the molecule is CC1CCC(CCc2nc3c(-c4ccc(-c5ccccc5)nc4)cnn3c(N(COCC[Si](C)(C)C)COCC[Si](C)(C)C)c2C2CC2)N1C(=O)OC(C)(C)C. The molecule has 2 fully saturated rings. The van der Waals surface area contributed by atoms with Crippen molar-refractivity contribution in [3.05, 3.63) is 66.1 Å². The van der Waals surface area contributed by atoms with E-state index in [9.17, 15) is 4.79 Å². The summed E-state index contributed by atoms with van der Waals surface area (Å²) >= 11 is 0. The van der Waals surface area contributed by atoms with Crippen molar-refractivity contribution in [2.75, 3.05) is 31.6 Å². The lowest BCUT2D eigenvalue weighted by atomic mass is 10.0. The molecule has 1 aromatic carbocycles. The second-order valence-electron chi connectivity index (χ2n) is 19.4. The second-order valence-corrected chi connectivity index (χ2v) is 30.6. The molecule has 304 valence electrons. The molecule has 2 atom stereocenters. The molecule has 1 aliphatic heterocycles. The van der Waals surface area contributed by atoms with Crippen LogP contribution in [0.15, 0.2) is 54.9 Å². The maximum absolute atomic E-state index is 13.5. The number of hydrogen-bond donors (Lipinski definition) is 0. The van der Waals surface area contributed by atoms with Crippen molar-refractivity contribution in [1.29, 1.82) is 0 Å². The number of anilines is 1. The topological polar surface area (TPSA) is 94.3 Å². The Balaban J connectivity index is 1.41. The molecule has 2 unspecified atom stereocenters. The molecule has 10 nitrogen and oxygen atoms in total. The van der Waals surface area contributed by atoms with Crippen LogP contribution in [0.2, 0.25) is 51.4 Å². The number of amides is 1. The molecule has 1 aliphatic carbocycles. The molecule has 0 radical (unpaired) electrons.